The highest BCUT2D eigenvalue weighted by atomic mass is 32.2. The van der Waals surface area contributed by atoms with Crippen LogP contribution in [0.15, 0.2) is 61.9 Å². The minimum Gasteiger partial charge on any atom is -0.508 e. The molecule has 0 bridgehead atoms. The number of pyridine rings is 1. The van der Waals surface area contributed by atoms with Gasteiger partial charge in [0.25, 0.3) is 0 Å². The van der Waals surface area contributed by atoms with Crippen molar-refractivity contribution in [2.45, 2.75) is 10.1 Å². The number of phenolic OH excluding ortho intramolecular Hbond substituents is 2. The zero-order valence-corrected chi connectivity index (χ0v) is 10.9. The fourth-order valence-corrected chi connectivity index (χ4v) is 2.56. The van der Waals surface area contributed by atoms with E-state index >= 15 is 0 Å². The van der Waals surface area contributed by atoms with Crippen molar-refractivity contribution in [1.82, 2.24) is 4.98 Å². The third kappa shape index (κ3) is 2.33. The molecule has 0 atom stereocenters. The van der Waals surface area contributed by atoms with Gasteiger partial charge in [0.2, 0.25) is 0 Å². The van der Waals surface area contributed by atoms with Gasteiger partial charge in [-0.1, -0.05) is 6.07 Å². The van der Waals surface area contributed by atoms with E-state index < -0.39 is 0 Å². The van der Waals surface area contributed by atoms with Crippen LogP contribution in [-0.4, -0.2) is 15.2 Å². The molecule has 0 unspecified atom stereocenters. The SMILES string of the molecule is O=c1cc(Sc2ccccn2)oc2cc(O)cc(O)c12. The maximum Gasteiger partial charge on any atom is 0.197 e. The first kappa shape index (κ1) is 12.6. The van der Waals surface area contributed by atoms with Crippen LogP contribution in [0.25, 0.3) is 11.0 Å². The summed E-state index contributed by atoms with van der Waals surface area (Å²) in [4.78, 5) is 16.1. The molecule has 2 aromatic heterocycles. The number of phenols is 2. The number of nitrogens with zero attached hydrogens (tertiary/aromatic N) is 1. The largest absolute Gasteiger partial charge is 0.508 e. The number of rotatable bonds is 2. The number of aromatic nitrogens is 1. The van der Waals surface area contributed by atoms with Gasteiger partial charge >= 0.3 is 0 Å². The number of hydrogen-bond acceptors (Lipinski definition) is 6. The maximum atomic E-state index is 12.0. The standard InChI is InChI=1S/C14H9NO4S/c16-8-5-9(17)14-10(18)7-13(19-11(14)6-8)20-12-3-1-2-4-15-12/h1-7,16-17H. The van der Waals surface area contributed by atoms with Crippen LogP contribution >= 0.6 is 11.8 Å². The lowest BCUT2D eigenvalue weighted by Gasteiger charge is -2.04. The van der Waals surface area contributed by atoms with Gasteiger partial charge in [-0.2, -0.15) is 0 Å². The fraction of sp³-hybridized carbons (Fsp3) is 0. The Morgan fingerprint density at radius 2 is 2.00 bits per heavy atom. The van der Waals surface area contributed by atoms with Crippen LogP contribution in [0.1, 0.15) is 0 Å². The summed E-state index contributed by atoms with van der Waals surface area (Å²) in [5, 5.41) is 20.2. The molecule has 2 N–H and O–H groups in total. The Balaban J connectivity index is 2.12. The second-order valence-electron chi connectivity index (χ2n) is 4.04. The van der Waals surface area contributed by atoms with Crippen molar-refractivity contribution in [2.24, 2.45) is 0 Å². The molecular formula is C14H9NO4S. The zero-order valence-electron chi connectivity index (χ0n) is 10.1. The van der Waals surface area contributed by atoms with Crippen molar-refractivity contribution in [2.75, 3.05) is 0 Å². The Morgan fingerprint density at radius 3 is 2.75 bits per heavy atom. The molecule has 2 heterocycles. The van der Waals surface area contributed by atoms with Gasteiger partial charge in [-0.05, 0) is 23.9 Å². The van der Waals surface area contributed by atoms with E-state index in [1.807, 2.05) is 6.07 Å². The number of hydrogen-bond donors (Lipinski definition) is 2. The molecule has 1 aromatic carbocycles. The molecule has 20 heavy (non-hydrogen) atoms. The summed E-state index contributed by atoms with van der Waals surface area (Å²) >= 11 is 1.19. The van der Waals surface area contributed by atoms with Crippen LogP contribution in [0.2, 0.25) is 0 Å². The zero-order chi connectivity index (χ0) is 14.1. The Labute approximate surface area is 117 Å². The van der Waals surface area contributed by atoms with Gasteiger partial charge in [0.05, 0.1) is 0 Å². The number of fused-ring (bicyclic) bond motifs is 1. The highest BCUT2D eigenvalue weighted by Gasteiger charge is 2.11. The molecule has 0 spiro atoms. The monoisotopic (exact) mass is 287 g/mol. The third-order valence-corrected chi connectivity index (χ3v) is 3.47. The minimum absolute atomic E-state index is 0.0492. The van der Waals surface area contributed by atoms with Crippen LogP contribution < -0.4 is 5.43 Å². The number of aromatic hydroxyl groups is 2. The Morgan fingerprint density at radius 1 is 1.15 bits per heavy atom. The van der Waals surface area contributed by atoms with Crippen LogP contribution in [0.4, 0.5) is 0 Å². The quantitative estimate of drug-likeness (QED) is 0.754. The molecule has 0 saturated carbocycles. The van der Waals surface area contributed by atoms with E-state index in [-0.39, 0.29) is 27.9 Å². The maximum absolute atomic E-state index is 12.0. The van der Waals surface area contributed by atoms with Crippen molar-refractivity contribution in [3.8, 4) is 11.5 Å². The van der Waals surface area contributed by atoms with Gasteiger partial charge in [0.15, 0.2) is 10.5 Å². The van der Waals surface area contributed by atoms with Crippen molar-refractivity contribution >= 4 is 22.7 Å². The summed E-state index contributed by atoms with van der Waals surface area (Å²) < 4.78 is 5.51. The van der Waals surface area contributed by atoms with Crippen molar-refractivity contribution in [1.29, 1.82) is 0 Å². The van der Waals surface area contributed by atoms with Gasteiger partial charge in [-0.25, -0.2) is 4.98 Å². The third-order valence-electron chi connectivity index (χ3n) is 2.61. The molecule has 3 aromatic rings. The first-order valence-electron chi connectivity index (χ1n) is 5.72. The molecule has 3 rings (SSSR count). The van der Waals surface area contributed by atoms with Crippen LogP contribution in [-0.2, 0) is 0 Å². The fourth-order valence-electron chi connectivity index (χ4n) is 1.79. The van der Waals surface area contributed by atoms with Gasteiger partial charge in [0, 0.05) is 24.4 Å². The smallest absolute Gasteiger partial charge is 0.197 e. The van der Waals surface area contributed by atoms with Crippen LogP contribution in [0, 0.1) is 0 Å². The molecule has 6 heteroatoms. The lowest BCUT2D eigenvalue weighted by atomic mass is 10.2. The summed E-state index contributed by atoms with van der Waals surface area (Å²) in [5.41, 5.74) is -0.240. The molecule has 0 radical (unpaired) electrons. The van der Waals surface area contributed by atoms with Gasteiger partial charge < -0.3 is 14.6 Å². The van der Waals surface area contributed by atoms with E-state index in [2.05, 4.69) is 4.98 Å². The average molecular weight is 287 g/mol. The second-order valence-corrected chi connectivity index (χ2v) is 5.06. The summed E-state index contributed by atoms with van der Waals surface area (Å²) in [7, 11) is 0. The molecular weight excluding hydrogens is 278 g/mol. The molecule has 0 aliphatic carbocycles. The molecule has 0 saturated heterocycles. The van der Waals surface area contributed by atoms with Crippen molar-refractivity contribution in [3.63, 3.8) is 0 Å². The van der Waals surface area contributed by atoms with E-state index in [4.69, 9.17) is 4.42 Å². The van der Waals surface area contributed by atoms with Crippen molar-refractivity contribution in [3.05, 3.63) is 52.8 Å². The lowest BCUT2D eigenvalue weighted by Crippen LogP contribution is -2.00. The first-order valence-corrected chi connectivity index (χ1v) is 6.54. The molecule has 0 fully saturated rings. The molecule has 0 amide bonds. The molecule has 0 aliphatic rings. The second kappa shape index (κ2) is 4.90. The van der Waals surface area contributed by atoms with Gasteiger partial charge in [0.1, 0.15) is 27.5 Å². The summed E-state index contributed by atoms with van der Waals surface area (Å²) in [6.07, 6.45) is 1.64. The molecule has 0 aliphatic heterocycles. The van der Waals surface area contributed by atoms with E-state index in [9.17, 15) is 15.0 Å². The predicted molar refractivity (Wildman–Crippen MR) is 74.2 cm³/mol. The highest BCUT2D eigenvalue weighted by molar-refractivity contribution is 7.99. The Bertz CT molecular complexity index is 830. The Hall–Kier alpha value is -2.47. The topological polar surface area (TPSA) is 83.6 Å². The van der Waals surface area contributed by atoms with E-state index in [0.717, 1.165) is 6.07 Å². The molecule has 5 nitrogen and oxygen atoms in total. The highest BCUT2D eigenvalue weighted by Crippen LogP contribution is 2.31. The van der Waals surface area contributed by atoms with Crippen molar-refractivity contribution < 1.29 is 14.6 Å². The molecule has 100 valence electrons. The normalized spacial score (nSPS) is 10.8. The minimum atomic E-state index is -0.373. The van der Waals surface area contributed by atoms with Gasteiger partial charge in [-0.15, -0.1) is 0 Å². The number of benzene rings is 1. The van der Waals surface area contributed by atoms with E-state index in [1.165, 1.54) is 23.9 Å². The summed E-state index contributed by atoms with van der Waals surface area (Å²) in [6.45, 7) is 0. The lowest BCUT2D eigenvalue weighted by molar-refractivity contribution is 0.446. The Kier molecular flexibility index (Phi) is 3.08. The van der Waals surface area contributed by atoms with E-state index in [1.54, 1.807) is 18.3 Å². The van der Waals surface area contributed by atoms with Gasteiger partial charge in [-0.3, -0.25) is 4.79 Å². The van der Waals surface area contributed by atoms with E-state index in [0.29, 0.717) is 10.1 Å². The first-order chi connectivity index (χ1) is 9.63. The average Bonchev–Trinajstić information content (AvgIpc) is 2.38. The van der Waals surface area contributed by atoms with Crippen LogP contribution in [0.5, 0.6) is 11.5 Å². The summed E-state index contributed by atoms with van der Waals surface area (Å²) in [6, 6.07) is 9.08. The summed E-state index contributed by atoms with van der Waals surface area (Å²) in [5.74, 6) is -0.471. The van der Waals surface area contributed by atoms with Crippen LogP contribution in [0.3, 0.4) is 0 Å². The predicted octanol–water partition coefficient (Wildman–Crippen LogP) is 2.75.